The molecule has 4 unspecified atom stereocenters. The largest absolute Gasteiger partial charge is 0.462 e. The summed E-state index contributed by atoms with van der Waals surface area (Å²) in [5.74, 6) is -0.926. The van der Waals surface area contributed by atoms with Crippen LogP contribution in [0.25, 0.3) is 0 Å². The molecule has 0 radical (unpaired) electrons. The average Bonchev–Trinajstić information content (AvgIpc) is 3.37. The fourth-order valence-corrected chi connectivity index (χ4v) is 8.89. The van der Waals surface area contributed by atoms with Gasteiger partial charge < -0.3 is 64.2 Å². The third-order valence-electron chi connectivity index (χ3n) is 13.6. The number of carbonyl (C=O) groups is 2. The molecule has 2 saturated heterocycles. The van der Waals surface area contributed by atoms with E-state index in [2.05, 4.69) is 50.3 Å². The Morgan fingerprint density at radius 1 is 0.444 bits per heavy atom. The van der Waals surface area contributed by atoms with Crippen LogP contribution >= 0.6 is 0 Å². The first-order valence-electron chi connectivity index (χ1n) is 28.6. The molecule has 15 heteroatoms. The first-order valence-corrected chi connectivity index (χ1v) is 28.6. The Labute approximate surface area is 434 Å². The fraction of sp³-hybridized carbons (Fsp3) is 0.860. The Balaban J connectivity index is 1.76. The second-order valence-corrected chi connectivity index (χ2v) is 20.1. The topological polar surface area (TPSA) is 231 Å². The Hall–Kier alpha value is -2.28. The van der Waals surface area contributed by atoms with Gasteiger partial charge in [-0.2, -0.15) is 0 Å². The third-order valence-corrected chi connectivity index (χ3v) is 13.6. The van der Waals surface area contributed by atoms with Crippen molar-refractivity contribution < 1.29 is 73.8 Å². The van der Waals surface area contributed by atoms with Gasteiger partial charge in [0.15, 0.2) is 18.7 Å². The van der Waals surface area contributed by atoms with Crippen LogP contribution in [-0.2, 0) is 38.0 Å². The zero-order chi connectivity index (χ0) is 52.4. The van der Waals surface area contributed by atoms with Crippen molar-refractivity contribution in [2.75, 3.05) is 26.4 Å². The van der Waals surface area contributed by atoms with Crippen molar-refractivity contribution in [2.24, 2.45) is 0 Å². The summed E-state index contributed by atoms with van der Waals surface area (Å²) in [5, 5.41) is 72.2. The molecule has 0 bridgehead atoms. The number of rotatable bonds is 45. The molecule has 2 heterocycles. The second kappa shape index (κ2) is 43.9. The van der Waals surface area contributed by atoms with E-state index in [0.29, 0.717) is 12.8 Å². The monoisotopic (exact) mass is 1030 g/mol. The number of aliphatic hydroxyl groups excluding tert-OH is 7. The summed E-state index contributed by atoms with van der Waals surface area (Å²) >= 11 is 0. The molecule has 0 aliphatic carbocycles. The number of esters is 2. The molecule has 7 N–H and O–H groups in total. The summed E-state index contributed by atoms with van der Waals surface area (Å²) < 4.78 is 33.7. The van der Waals surface area contributed by atoms with Gasteiger partial charge in [-0.15, -0.1) is 0 Å². The third kappa shape index (κ3) is 30.9. The van der Waals surface area contributed by atoms with Gasteiger partial charge in [0.2, 0.25) is 0 Å². The molecule has 15 nitrogen and oxygen atoms in total. The smallest absolute Gasteiger partial charge is 0.306 e. The van der Waals surface area contributed by atoms with Crippen LogP contribution in [-0.4, -0.2) is 142 Å². The predicted octanol–water partition coefficient (Wildman–Crippen LogP) is 9.27. The zero-order valence-electron chi connectivity index (χ0n) is 44.7. The minimum atomic E-state index is -1.77. The van der Waals surface area contributed by atoms with Gasteiger partial charge in [-0.1, -0.05) is 172 Å². The normalized spacial score (nSPS) is 25.2. The molecule has 420 valence electrons. The van der Waals surface area contributed by atoms with Crippen molar-refractivity contribution in [1.82, 2.24) is 0 Å². The maximum Gasteiger partial charge on any atom is 0.306 e. The summed E-state index contributed by atoms with van der Waals surface area (Å²) in [6.07, 6.45) is 31.6. The van der Waals surface area contributed by atoms with E-state index in [1.165, 1.54) is 122 Å². The highest BCUT2D eigenvalue weighted by atomic mass is 16.7. The molecule has 0 aromatic rings. The summed E-state index contributed by atoms with van der Waals surface area (Å²) in [6.45, 7) is 2.58. The van der Waals surface area contributed by atoms with Gasteiger partial charge >= 0.3 is 11.9 Å². The molecule has 2 aliphatic heterocycles. The number of allylic oxidation sites excluding steroid dienone is 6. The maximum atomic E-state index is 13.1. The van der Waals surface area contributed by atoms with Crippen molar-refractivity contribution in [1.29, 1.82) is 0 Å². The number of ether oxygens (including phenoxy) is 6. The van der Waals surface area contributed by atoms with Crippen LogP contribution in [0.5, 0.6) is 0 Å². The highest BCUT2D eigenvalue weighted by molar-refractivity contribution is 5.70. The molecule has 0 amide bonds. The first-order chi connectivity index (χ1) is 35.0. The summed E-state index contributed by atoms with van der Waals surface area (Å²) in [5.41, 5.74) is 0. The van der Waals surface area contributed by atoms with E-state index in [1.807, 2.05) is 0 Å². The highest BCUT2D eigenvalue weighted by Crippen LogP contribution is 2.27. The van der Waals surface area contributed by atoms with Gasteiger partial charge in [0.25, 0.3) is 0 Å². The van der Waals surface area contributed by atoms with E-state index >= 15 is 0 Å². The van der Waals surface area contributed by atoms with Crippen LogP contribution in [0.1, 0.15) is 219 Å². The van der Waals surface area contributed by atoms with Crippen LogP contribution in [0.15, 0.2) is 36.5 Å². The molecule has 72 heavy (non-hydrogen) atoms. The minimum Gasteiger partial charge on any atom is -0.462 e. The van der Waals surface area contributed by atoms with Gasteiger partial charge in [0.05, 0.1) is 19.8 Å². The van der Waals surface area contributed by atoms with Crippen molar-refractivity contribution in [2.45, 2.75) is 287 Å². The number of unbranched alkanes of at least 4 members (excludes halogenated alkanes) is 25. The summed E-state index contributed by atoms with van der Waals surface area (Å²) in [6, 6.07) is 0. The zero-order valence-corrected chi connectivity index (χ0v) is 44.7. The molecule has 2 fully saturated rings. The van der Waals surface area contributed by atoms with Crippen molar-refractivity contribution >= 4 is 11.9 Å². The molecule has 0 spiro atoms. The van der Waals surface area contributed by atoms with Gasteiger partial charge in [-0.3, -0.25) is 9.59 Å². The standard InChI is InChI=1S/C57H102O15/c1-3-5-7-9-11-13-15-17-19-21-22-24-25-27-29-31-33-35-37-39-48(59)67-42-45(70-49(60)40-38-36-34-32-30-28-26-23-20-18-16-14-12-10-8-6-4-2)43-68-56-55(66)53(64)51(62)47(72-56)44-69-57-54(65)52(63)50(61)46(41-58)71-57/h11,13-14,16-17,19,45-47,50-58,61-66H,3-10,12,15,18,20-44H2,1-2H3/b13-11+,16-14+,19-17+/t45-,46+,47+,50-,51-,52?,53?,54?,55?,56+,57+/m0/s1. The van der Waals surface area contributed by atoms with Crippen LogP contribution < -0.4 is 0 Å². The van der Waals surface area contributed by atoms with Crippen molar-refractivity contribution in [3.8, 4) is 0 Å². The molecule has 0 saturated carbocycles. The van der Waals surface area contributed by atoms with Crippen molar-refractivity contribution in [3.05, 3.63) is 36.5 Å². The van der Waals surface area contributed by atoms with Gasteiger partial charge in [0, 0.05) is 12.8 Å². The second-order valence-electron chi connectivity index (χ2n) is 20.1. The molecule has 2 aliphatic rings. The minimum absolute atomic E-state index is 0.163. The Morgan fingerprint density at radius 3 is 1.33 bits per heavy atom. The van der Waals surface area contributed by atoms with Crippen LogP contribution in [0.2, 0.25) is 0 Å². The number of hydrogen-bond acceptors (Lipinski definition) is 15. The maximum absolute atomic E-state index is 13.1. The van der Waals surface area contributed by atoms with Crippen LogP contribution in [0.4, 0.5) is 0 Å². The Morgan fingerprint density at radius 2 is 0.833 bits per heavy atom. The molecule has 0 aromatic heterocycles. The molecule has 11 atom stereocenters. The van der Waals surface area contributed by atoms with E-state index in [9.17, 15) is 45.3 Å². The lowest BCUT2D eigenvalue weighted by molar-refractivity contribution is -0.332. The molecule has 2 rings (SSSR count). The fourth-order valence-electron chi connectivity index (χ4n) is 8.89. The summed E-state index contributed by atoms with van der Waals surface area (Å²) in [7, 11) is 0. The van der Waals surface area contributed by atoms with Gasteiger partial charge in [-0.25, -0.2) is 0 Å². The lowest BCUT2D eigenvalue weighted by Crippen LogP contribution is -2.61. The number of hydrogen-bond donors (Lipinski definition) is 7. The number of aliphatic hydroxyl groups is 7. The van der Waals surface area contributed by atoms with E-state index < -0.39 is 92.7 Å². The highest BCUT2D eigenvalue weighted by Gasteiger charge is 2.47. The van der Waals surface area contributed by atoms with Crippen LogP contribution in [0, 0.1) is 0 Å². The summed E-state index contributed by atoms with van der Waals surface area (Å²) in [4.78, 5) is 25.9. The Bertz CT molecular complexity index is 1390. The first kappa shape index (κ1) is 65.8. The quantitative estimate of drug-likeness (QED) is 0.0171. The lowest BCUT2D eigenvalue weighted by Gasteiger charge is -2.42. The predicted molar refractivity (Wildman–Crippen MR) is 280 cm³/mol. The lowest BCUT2D eigenvalue weighted by atomic mass is 9.98. The molecule has 0 aromatic carbocycles. The average molecular weight is 1030 g/mol. The van der Waals surface area contributed by atoms with E-state index in [4.69, 9.17) is 28.4 Å². The molecular weight excluding hydrogens is 925 g/mol. The van der Waals surface area contributed by atoms with Gasteiger partial charge in [0.1, 0.15) is 55.4 Å². The van der Waals surface area contributed by atoms with Gasteiger partial charge in [-0.05, 0) is 70.6 Å². The van der Waals surface area contributed by atoms with E-state index in [0.717, 1.165) is 57.8 Å². The molecular formula is C57H102O15. The van der Waals surface area contributed by atoms with E-state index in [-0.39, 0.29) is 26.1 Å². The number of carbonyl (C=O) groups excluding carboxylic acids is 2. The van der Waals surface area contributed by atoms with Crippen LogP contribution in [0.3, 0.4) is 0 Å². The SMILES string of the molecule is CCCCC/C=C/C/C=C/CCCCCCCCCCCC(=O)OC[C@@H](CO[C@@H]1O[C@H](CO[C@@H]2O[C@H](CO)[C@H](O)C(O)C2O)[C@H](O)C(O)C1O)OC(=O)CCCCCCCCCCC/C=C/CCCCCC. The van der Waals surface area contributed by atoms with E-state index in [1.54, 1.807) is 0 Å². The van der Waals surface area contributed by atoms with Crippen molar-refractivity contribution in [3.63, 3.8) is 0 Å². The Kier molecular flexibility index (Phi) is 40.1.